The fourth-order valence-electron chi connectivity index (χ4n) is 5.65. The number of carbonyl (C=O) groups is 1. The van der Waals surface area contributed by atoms with Crippen LogP contribution in [-0.4, -0.2) is 63.0 Å². The molecule has 5 heterocycles. The summed E-state index contributed by atoms with van der Waals surface area (Å²) in [6.45, 7) is 11.2. The van der Waals surface area contributed by atoms with E-state index in [2.05, 4.69) is 26.3 Å². The lowest BCUT2D eigenvalue weighted by Crippen LogP contribution is -2.49. The highest BCUT2D eigenvalue weighted by Crippen LogP contribution is 2.47. The number of ether oxygens (including phenoxy) is 2. The summed E-state index contributed by atoms with van der Waals surface area (Å²) in [5.74, 6) is 0.518. The van der Waals surface area contributed by atoms with Crippen molar-refractivity contribution < 1.29 is 14.3 Å². The Balaban J connectivity index is 1.14. The molecule has 202 valence electrons. The van der Waals surface area contributed by atoms with Crippen LogP contribution in [0.5, 0.6) is 0 Å². The Morgan fingerprint density at radius 3 is 2.66 bits per heavy atom. The number of aryl methyl sites for hydroxylation is 2. The molecule has 2 saturated heterocycles. The molecule has 0 aromatic carbocycles. The molecule has 2 unspecified atom stereocenters. The highest BCUT2D eigenvalue weighted by molar-refractivity contribution is 7.21. The lowest BCUT2D eigenvalue weighted by Gasteiger charge is -2.30. The van der Waals surface area contributed by atoms with Crippen molar-refractivity contribution in [1.82, 2.24) is 20.3 Å². The topological polar surface area (TPSA) is 142 Å². The number of hydrogen-bond acceptors (Lipinski definition) is 10. The van der Waals surface area contributed by atoms with Gasteiger partial charge < -0.3 is 31.2 Å². The smallest absolute Gasteiger partial charge is 0.263 e. The fraction of sp³-hybridized carbons (Fsp3) is 0.556. The Kier molecular flexibility index (Phi) is 5.73. The lowest BCUT2D eigenvalue weighted by atomic mass is 9.90. The number of fused-ring (bicyclic) bond motifs is 2. The molecular weight excluding hydrogens is 502 g/mol. The van der Waals surface area contributed by atoms with Crippen LogP contribution < -0.4 is 21.7 Å². The third-order valence-corrected chi connectivity index (χ3v) is 9.54. The highest BCUT2D eigenvalue weighted by Gasteiger charge is 2.62. The van der Waals surface area contributed by atoms with Crippen molar-refractivity contribution in [3.63, 3.8) is 0 Å². The number of rotatable bonds is 3. The van der Waals surface area contributed by atoms with Crippen LogP contribution in [0.4, 0.5) is 11.5 Å². The number of aromatic nitrogens is 3. The third kappa shape index (κ3) is 4.03. The Hall–Kier alpha value is -2.86. The Bertz CT molecular complexity index is 1420. The number of carbonyl (C=O) groups excluding carboxylic acids is 1. The number of nitrogens with one attached hydrogen (secondary N) is 1. The van der Waals surface area contributed by atoms with Crippen LogP contribution in [0.25, 0.3) is 10.2 Å². The number of amides is 1. The van der Waals surface area contributed by atoms with E-state index in [1.807, 2.05) is 40.7 Å². The van der Waals surface area contributed by atoms with E-state index >= 15 is 0 Å². The van der Waals surface area contributed by atoms with Gasteiger partial charge in [-0.15, -0.1) is 11.3 Å². The van der Waals surface area contributed by atoms with E-state index in [0.29, 0.717) is 29.5 Å². The van der Waals surface area contributed by atoms with Gasteiger partial charge in [0, 0.05) is 24.5 Å². The van der Waals surface area contributed by atoms with Crippen LogP contribution in [0.2, 0.25) is 0 Å². The van der Waals surface area contributed by atoms with Crippen LogP contribution >= 0.6 is 11.3 Å². The summed E-state index contributed by atoms with van der Waals surface area (Å²) in [4.78, 5) is 30.1. The second-order valence-corrected chi connectivity index (χ2v) is 12.7. The van der Waals surface area contributed by atoms with Crippen LogP contribution in [0.3, 0.4) is 0 Å². The first-order valence-electron chi connectivity index (χ1n) is 13.1. The van der Waals surface area contributed by atoms with Gasteiger partial charge in [0.15, 0.2) is 0 Å². The molecule has 2 fully saturated rings. The molecule has 0 saturated carbocycles. The summed E-state index contributed by atoms with van der Waals surface area (Å²) in [5.41, 5.74) is 14.6. The van der Waals surface area contributed by atoms with E-state index in [0.717, 1.165) is 46.6 Å². The van der Waals surface area contributed by atoms with Crippen LogP contribution in [0.1, 0.15) is 60.9 Å². The molecular formula is C27H35N7O3S. The number of hydrogen-bond donors (Lipinski definition) is 3. The van der Waals surface area contributed by atoms with Gasteiger partial charge in [0.1, 0.15) is 21.3 Å². The zero-order chi connectivity index (χ0) is 27.0. The maximum absolute atomic E-state index is 13.1. The Morgan fingerprint density at radius 2 is 1.92 bits per heavy atom. The quantitative estimate of drug-likeness (QED) is 0.460. The molecule has 1 aliphatic carbocycles. The highest BCUT2D eigenvalue weighted by atomic mass is 32.1. The van der Waals surface area contributed by atoms with Crippen molar-refractivity contribution in [3.05, 3.63) is 40.3 Å². The molecule has 10 nitrogen and oxygen atoms in total. The van der Waals surface area contributed by atoms with E-state index in [1.165, 1.54) is 11.3 Å². The number of thiophene rings is 1. The van der Waals surface area contributed by atoms with Gasteiger partial charge in [-0.25, -0.2) is 15.0 Å². The third-order valence-electron chi connectivity index (χ3n) is 8.42. The standard InChI is InChI=1S/C27H35N7O3S/c1-14-30-11-17-21(29)22(38-24(17)31-14)23(35)32-16-7-8-18-15(10-16)6-9-20(33-18)34-12-19(28)27(13-34)36-25(2,3)26(4,5)37-27/h6,9,11,16,19H,7-8,10,12-13,28-29H2,1-5H3,(H,32,35). The molecule has 0 bridgehead atoms. The molecule has 11 heteroatoms. The monoisotopic (exact) mass is 537 g/mol. The molecule has 0 radical (unpaired) electrons. The normalized spacial score (nSPS) is 25.2. The van der Waals surface area contributed by atoms with Gasteiger partial charge in [-0.2, -0.15) is 0 Å². The largest absolute Gasteiger partial charge is 0.397 e. The second kappa shape index (κ2) is 8.57. The molecule has 38 heavy (non-hydrogen) atoms. The van der Waals surface area contributed by atoms with Crippen molar-refractivity contribution in [3.8, 4) is 0 Å². The van der Waals surface area contributed by atoms with Crippen molar-refractivity contribution in [1.29, 1.82) is 0 Å². The van der Waals surface area contributed by atoms with Gasteiger partial charge >= 0.3 is 0 Å². The first kappa shape index (κ1) is 25.4. The van der Waals surface area contributed by atoms with Crippen molar-refractivity contribution in [2.75, 3.05) is 23.7 Å². The SMILES string of the molecule is Cc1ncc2c(N)c(C(=O)NC3CCc4nc(N5CC(N)C6(C5)OC(C)(C)C(C)(C)O6)ccc4C3)sc2n1. The van der Waals surface area contributed by atoms with Crippen molar-refractivity contribution in [2.45, 2.75) is 83.0 Å². The van der Waals surface area contributed by atoms with Gasteiger partial charge in [0.2, 0.25) is 5.79 Å². The molecule has 2 aliphatic heterocycles. The predicted molar refractivity (Wildman–Crippen MR) is 147 cm³/mol. The minimum atomic E-state index is -0.849. The molecule has 6 rings (SSSR count). The van der Waals surface area contributed by atoms with E-state index in [9.17, 15) is 4.79 Å². The molecule has 3 aliphatic rings. The molecule has 3 aromatic heterocycles. The minimum Gasteiger partial charge on any atom is -0.397 e. The van der Waals surface area contributed by atoms with Crippen LogP contribution in [0, 0.1) is 6.92 Å². The lowest BCUT2D eigenvalue weighted by molar-refractivity contribution is -0.183. The van der Waals surface area contributed by atoms with E-state index in [4.69, 9.17) is 25.9 Å². The zero-order valence-electron chi connectivity index (χ0n) is 22.5. The molecule has 3 aromatic rings. The number of nitrogens with zero attached hydrogens (tertiary/aromatic N) is 4. The average Bonchev–Trinajstić information content (AvgIpc) is 3.40. The number of anilines is 2. The van der Waals surface area contributed by atoms with Crippen LogP contribution in [0.15, 0.2) is 18.3 Å². The zero-order valence-corrected chi connectivity index (χ0v) is 23.3. The summed E-state index contributed by atoms with van der Waals surface area (Å²) >= 11 is 1.31. The second-order valence-electron chi connectivity index (χ2n) is 11.7. The van der Waals surface area contributed by atoms with Gasteiger partial charge in [-0.05, 0) is 65.5 Å². The first-order valence-corrected chi connectivity index (χ1v) is 13.9. The summed E-state index contributed by atoms with van der Waals surface area (Å²) in [5, 5.41) is 3.89. The van der Waals surface area contributed by atoms with Gasteiger partial charge in [0.25, 0.3) is 5.91 Å². The molecule has 1 spiro atoms. The fourth-order valence-corrected chi connectivity index (χ4v) is 6.66. The number of pyridine rings is 1. The minimum absolute atomic E-state index is 0.00770. The molecule has 2 atom stereocenters. The van der Waals surface area contributed by atoms with Crippen LogP contribution in [-0.2, 0) is 22.3 Å². The van der Waals surface area contributed by atoms with Crippen molar-refractivity contribution >= 4 is 39.0 Å². The Labute approximate surface area is 226 Å². The first-order chi connectivity index (χ1) is 17.9. The van der Waals surface area contributed by atoms with Gasteiger partial charge in [-0.3, -0.25) is 4.79 Å². The summed E-state index contributed by atoms with van der Waals surface area (Å²) in [6.07, 6.45) is 3.98. The Morgan fingerprint density at radius 1 is 1.18 bits per heavy atom. The van der Waals surface area contributed by atoms with E-state index < -0.39 is 17.0 Å². The molecule has 5 N–H and O–H groups in total. The summed E-state index contributed by atoms with van der Waals surface area (Å²) < 4.78 is 12.9. The van der Waals surface area contributed by atoms with Gasteiger partial charge in [0.05, 0.1) is 34.9 Å². The maximum atomic E-state index is 13.1. The van der Waals surface area contributed by atoms with E-state index in [1.54, 1.807) is 6.20 Å². The number of nitrogen functional groups attached to an aromatic ring is 1. The van der Waals surface area contributed by atoms with Crippen molar-refractivity contribution in [2.24, 2.45) is 5.73 Å². The average molecular weight is 538 g/mol. The molecule has 1 amide bonds. The van der Waals surface area contributed by atoms with Gasteiger partial charge in [-0.1, -0.05) is 6.07 Å². The maximum Gasteiger partial charge on any atom is 0.263 e. The predicted octanol–water partition coefficient (Wildman–Crippen LogP) is 2.71. The van der Waals surface area contributed by atoms with E-state index in [-0.39, 0.29) is 18.0 Å². The summed E-state index contributed by atoms with van der Waals surface area (Å²) in [6, 6.07) is 3.87. The summed E-state index contributed by atoms with van der Waals surface area (Å²) in [7, 11) is 0. The number of nitrogens with two attached hydrogens (primary N) is 2.